The Labute approximate surface area is 225 Å². The molecule has 0 aliphatic carbocycles. The Morgan fingerprint density at radius 3 is 2.47 bits per heavy atom. The molecular formula is C25H22N4O7S2. The van der Waals surface area contributed by atoms with Crippen LogP contribution in [0.4, 0.5) is 17.1 Å². The summed E-state index contributed by atoms with van der Waals surface area (Å²) in [4.78, 5) is 40.4. The highest BCUT2D eigenvalue weighted by Crippen LogP contribution is 2.33. The molecular weight excluding hydrogens is 532 g/mol. The molecule has 1 heterocycles. The lowest BCUT2D eigenvalue weighted by Crippen LogP contribution is -2.15. The van der Waals surface area contributed by atoms with Gasteiger partial charge < -0.3 is 24.8 Å². The number of amides is 2. The van der Waals surface area contributed by atoms with Crippen molar-refractivity contribution in [2.45, 2.75) is 4.34 Å². The number of carbonyl (C=O) groups is 2. The number of aromatic nitrogens is 1. The minimum atomic E-state index is -0.583. The van der Waals surface area contributed by atoms with Crippen molar-refractivity contribution in [3.05, 3.63) is 70.3 Å². The summed E-state index contributed by atoms with van der Waals surface area (Å²) in [6, 6.07) is 14.4. The summed E-state index contributed by atoms with van der Waals surface area (Å²) < 4.78 is 16.9. The minimum Gasteiger partial charge on any atom is -0.496 e. The number of methoxy groups -OCH3 is 3. The van der Waals surface area contributed by atoms with Crippen LogP contribution in [0.15, 0.2) is 58.9 Å². The fraction of sp³-hybridized carbons (Fsp3) is 0.160. The molecule has 1 aromatic heterocycles. The smallest absolute Gasteiger partial charge is 0.296 e. The number of nitro benzene ring substituents is 1. The number of hydrogen-bond donors (Lipinski definition) is 2. The molecule has 0 aliphatic heterocycles. The molecule has 0 unspecified atom stereocenters. The molecule has 13 heteroatoms. The van der Waals surface area contributed by atoms with E-state index in [0.29, 0.717) is 38.4 Å². The van der Waals surface area contributed by atoms with Crippen LogP contribution in [0.5, 0.6) is 17.2 Å². The van der Waals surface area contributed by atoms with E-state index in [0.717, 1.165) is 4.70 Å². The van der Waals surface area contributed by atoms with Crippen molar-refractivity contribution >= 4 is 62.2 Å². The van der Waals surface area contributed by atoms with E-state index in [1.54, 1.807) is 36.4 Å². The van der Waals surface area contributed by atoms with Gasteiger partial charge in [0.2, 0.25) is 5.91 Å². The van der Waals surface area contributed by atoms with Gasteiger partial charge in [0.15, 0.2) is 15.8 Å². The van der Waals surface area contributed by atoms with Gasteiger partial charge in [-0.3, -0.25) is 19.7 Å². The molecule has 11 nitrogen and oxygen atoms in total. The number of hydrogen-bond acceptors (Lipinski definition) is 10. The number of thioether (sulfide) groups is 1. The van der Waals surface area contributed by atoms with E-state index in [9.17, 15) is 19.7 Å². The first kappa shape index (κ1) is 26.7. The number of carbonyl (C=O) groups excluding carboxylic acids is 2. The molecule has 38 heavy (non-hydrogen) atoms. The van der Waals surface area contributed by atoms with E-state index in [1.807, 2.05) is 0 Å². The van der Waals surface area contributed by atoms with Gasteiger partial charge in [-0.25, -0.2) is 4.98 Å². The number of thiazole rings is 1. The van der Waals surface area contributed by atoms with Crippen molar-refractivity contribution in [2.75, 3.05) is 37.7 Å². The average Bonchev–Trinajstić information content (AvgIpc) is 3.33. The molecule has 4 rings (SSSR count). The van der Waals surface area contributed by atoms with Crippen LogP contribution in [0.2, 0.25) is 0 Å². The number of nitrogens with zero attached hydrogens (tertiary/aromatic N) is 2. The molecule has 0 saturated carbocycles. The Hall–Kier alpha value is -4.36. The van der Waals surface area contributed by atoms with Crippen molar-refractivity contribution in [3.63, 3.8) is 0 Å². The van der Waals surface area contributed by atoms with Crippen molar-refractivity contribution in [2.24, 2.45) is 0 Å². The second-order valence-corrected chi connectivity index (χ2v) is 9.92. The van der Waals surface area contributed by atoms with Crippen LogP contribution in [-0.4, -0.2) is 48.8 Å². The predicted molar refractivity (Wildman–Crippen MR) is 146 cm³/mol. The third-order valence-electron chi connectivity index (χ3n) is 5.27. The number of benzene rings is 3. The zero-order valence-electron chi connectivity index (χ0n) is 20.5. The second-order valence-electron chi connectivity index (χ2n) is 7.66. The third-order valence-corrected chi connectivity index (χ3v) is 7.44. The molecule has 0 radical (unpaired) electrons. The molecule has 0 saturated heterocycles. The second kappa shape index (κ2) is 11.8. The Kier molecular flexibility index (Phi) is 8.28. The van der Waals surface area contributed by atoms with E-state index >= 15 is 0 Å². The van der Waals surface area contributed by atoms with Crippen LogP contribution < -0.4 is 24.8 Å². The lowest BCUT2D eigenvalue weighted by atomic mass is 10.2. The van der Waals surface area contributed by atoms with Crippen molar-refractivity contribution in [1.82, 2.24) is 4.98 Å². The summed E-state index contributed by atoms with van der Waals surface area (Å²) in [7, 11) is 4.43. The Morgan fingerprint density at radius 2 is 1.76 bits per heavy atom. The molecule has 0 spiro atoms. The van der Waals surface area contributed by atoms with Gasteiger partial charge in [0.25, 0.3) is 11.6 Å². The number of rotatable bonds is 10. The van der Waals surface area contributed by atoms with Crippen LogP contribution in [0.25, 0.3) is 10.2 Å². The maximum atomic E-state index is 12.7. The van der Waals surface area contributed by atoms with Gasteiger partial charge >= 0.3 is 0 Å². The van der Waals surface area contributed by atoms with Crippen molar-refractivity contribution in [1.29, 1.82) is 0 Å². The number of fused-ring (bicyclic) bond motifs is 1. The summed E-state index contributed by atoms with van der Waals surface area (Å²) >= 11 is 2.57. The van der Waals surface area contributed by atoms with Crippen molar-refractivity contribution in [3.8, 4) is 17.2 Å². The maximum Gasteiger partial charge on any atom is 0.296 e. The molecule has 0 bridgehead atoms. The molecule has 196 valence electrons. The molecule has 0 fully saturated rings. The van der Waals surface area contributed by atoms with Crippen LogP contribution in [-0.2, 0) is 4.79 Å². The normalized spacial score (nSPS) is 10.6. The van der Waals surface area contributed by atoms with Gasteiger partial charge in [-0.2, -0.15) is 0 Å². The molecule has 0 atom stereocenters. The predicted octanol–water partition coefficient (Wildman–Crippen LogP) is 5.21. The van der Waals surface area contributed by atoms with Gasteiger partial charge in [0, 0.05) is 11.3 Å². The summed E-state index contributed by atoms with van der Waals surface area (Å²) in [6.45, 7) is 0. The van der Waals surface area contributed by atoms with Gasteiger partial charge in [-0.15, -0.1) is 11.3 Å². The van der Waals surface area contributed by atoms with Crippen LogP contribution in [0.1, 0.15) is 10.4 Å². The van der Waals surface area contributed by atoms with E-state index in [1.165, 1.54) is 62.6 Å². The summed E-state index contributed by atoms with van der Waals surface area (Å²) in [5, 5.41) is 16.7. The maximum absolute atomic E-state index is 12.7. The zero-order chi connectivity index (χ0) is 27.2. The van der Waals surface area contributed by atoms with Gasteiger partial charge in [-0.1, -0.05) is 11.8 Å². The quantitative estimate of drug-likeness (QED) is 0.153. The third kappa shape index (κ3) is 6.12. The highest BCUT2D eigenvalue weighted by molar-refractivity contribution is 8.01. The lowest BCUT2D eigenvalue weighted by molar-refractivity contribution is -0.384. The first-order valence-electron chi connectivity index (χ1n) is 11.0. The number of nitrogens with one attached hydrogen (secondary N) is 2. The van der Waals surface area contributed by atoms with Crippen molar-refractivity contribution < 1.29 is 28.7 Å². The van der Waals surface area contributed by atoms with E-state index in [-0.39, 0.29) is 23.0 Å². The van der Waals surface area contributed by atoms with Crippen LogP contribution >= 0.6 is 23.1 Å². The highest BCUT2D eigenvalue weighted by atomic mass is 32.2. The number of ether oxygens (including phenoxy) is 3. The summed E-state index contributed by atoms with van der Waals surface area (Å²) in [5.74, 6) is 0.574. The average molecular weight is 555 g/mol. The van der Waals surface area contributed by atoms with Gasteiger partial charge in [0.1, 0.15) is 11.4 Å². The fourth-order valence-electron chi connectivity index (χ4n) is 3.43. The lowest BCUT2D eigenvalue weighted by Gasteiger charge is -2.10. The largest absolute Gasteiger partial charge is 0.496 e. The topological polar surface area (TPSA) is 142 Å². The first-order chi connectivity index (χ1) is 18.3. The molecule has 4 aromatic rings. The number of anilines is 2. The Balaban J connectivity index is 1.40. The molecule has 0 aliphatic rings. The van der Waals surface area contributed by atoms with E-state index < -0.39 is 10.8 Å². The van der Waals surface area contributed by atoms with Gasteiger partial charge in [0.05, 0.1) is 48.3 Å². The Morgan fingerprint density at radius 1 is 0.974 bits per heavy atom. The fourth-order valence-corrected chi connectivity index (χ4v) is 5.34. The monoisotopic (exact) mass is 554 g/mol. The molecule has 3 aromatic carbocycles. The van der Waals surface area contributed by atoms with Gasteiger partial charge in [-0.05, 0) is 48.5 Å². The van der Waals surface area contributed by atoms with Crippen LogP contribution in [0.3, 0.4) is 0 Å². The molecule has 2 N–H and O–H groups in total. The minimum absolute atomic E-state index is 0.00585. The summed E-state index contributed by atoms with van der Waals surface area (Å²) in [6.07, 6.45) is 0. The van der Waals surface area contributed by atoms with E-state index in [4.69, 9.17) is 14.2 Å². The molecule has 2 amide bonds. The van der Waals surface area contributed by atoms with E-state index in [2.05, 4.69) is 15.6 Å². The highest BCUT2D eigenvalue weighted by Gasteiger charge is 2.18. The zero-order valence-corrected chi connectivity index (χ0v) is 22.1. The first-order valence-corrected chi connectivity index (χ1v) is 12.8. The Bertz CT molecular complexity index is 1520. The van der Waals surface area contributed by atoms with Crippen LogP contribution in [0, 0.1) is 10.1 Å². The summed E-state index contributed by atoms with van der Waals surface area (Å²) in [5.41, 5.74) is 1.53. The number of nitro groups is 1. The SMILES string of the molecule is COc1ccc(NC(=O)CSc2nc3ccc(NC(=O)c4ccc(OC)c(OC)c4)cc3s2)c([N+](=O)[O-])c1. The standard InChI is InChI=1S/C25H22N4O7S2/c1-34-16-6-8-17(19(12-16)29(32)33)27-23(30)13-37-25-28-18-7-5-15(11-22(18)38-25)26-24(31)14-4-9-20(35-2)21(10-14)36-3/h4-12H,13H2,1-3H3,(H,26,31)(H,27,30).